The van der Waals surface area contributed by atoms with Crippen molar-refractivity contribution in [2.24, 2.45) is 11.7 Å². The second-order valence-corrected chi connectivity index (χ2v) is 10.5. The summed E-state index contributed by atoms with van der Waals surface area (Å²) < 4.78 is 6.89. The lowest BCUT2D eigenvalue weighted by molar-refractivity contribution is -0.141. The molecule has 1 aliphatic heterocycles. The zero-order chi connectivity index (χ0) is 28.0. The number of hydrogen-bond acceptors (Lipinski definition) is 6. The fourth-order valence-electron chi connectivity index (χ4n) is 6.20. The number of amides is 3. The quantitative estimate of drug-likeness (QED) is 0.370. The van der Waals surface area contributed by atoms with E-state index in [1.54, 1.807) is 41.1 Å². The first-order valence-electron chi connectivity index (χ1n) is 13.3. The number of anilines is 1. The Morgan fingerprint density at radius 2 is 1.93 bits per heavy atom. The van der Waals surface area contributed by atoms with Gasteiger partial charge in [-0.2, -0.15) is 0 Å². The largest absolute Gasteiger partial charge is 0.481 e. The molecule has 1 saturated heterocycles. The van der Waals surface area contributed by atoms with Crippen LogP contribution < -0.4 is 15.8 Å². The molecule has 204 valence electrons. The van der Waals surface area contributed by atoms with Crippen LogP contribution in [0, 0.1) is 12.8 Å². The Labute approximate surface area is 231 Å². The summed E-state index contributed by atoms with van der Waals surface area (Å²) in [6.45, 7) is 1.85. The molecular weight excluding hydrogens is 508 g/mol. The monoisotopic (exact) mass is 538 g/mol. The van der Waals surface area contributed by atoms with E-state index in [1.807, 2.05) is 43.3 Å². The number of primary amides is 1. The van der Waals surface area contributed by atoms with Gasteiger partial charge >= 0.3 is 0 Å². The van der Waals surface area contributed by atoms with Crippen molar-refractivity contribution in [2.45, 2.75) is 44.8 Å². The number of pyridine rings is 2. The molecule has 1 aliphatic carbocycles. The summed E-state index contributed by atoms with van der Waals surface area (Å²) in [6, 6.07) is 14.2. The van der Waals surface area contributed by atoms with Gasteiger partial charge in [0.15, 0.2) is 0 Å². The highest BCUT2D eigenvalue weighted by Crippen LogP contribution is 2.43. The van der Waals surface area contributed by atoms with Gasteiger partial charge in [-0.15, -0.1) is 0 Å². The average Bonchev–Trinajstić information content (AvgIpc) is 3.66. The Kier molecular flexibility index (Phi) is 6.45. The van der Waals surface area contributed by atoms with Crippen LogP contribution in [0.3, 0.4) is 0 Å². The molecular formula is C30H30N6O4. The molecule has 3 N–H and O–H groups in total. The zero-order valence-corrected chi connectivity index (χ0v) is 22.3. The second-order valence-electron chi connectivity index (χ2n) is 10.5. The lowest BCUT2D eigenvalue weighted by Crippen LogP contribution is -2.51. The number of fused-ring (bicyclic) bond motifs is 3. The van der Waals surface area contributed by atoms with Crippen molar-refractivity contribution in [3.63, 3.8) is 0 Å². The number of nitrogens with two attached hydrogens (primary N) is 1. The summed E-state index contributed by atoms with van der Waals surface area (Å²) in [5, 5.41) is 3.56. The fourth-order valence-corrected chi connectivity index (χ4v) is 6.20. The number of piperidine rings is 1. The Balaban J connectivity index is 1.28. The first kappa shape index (κ1) is 25.5. The number of rotatable bonds is 7. The number of hydrogen-bond donors (Lipinski definition) is 2. The molecule has 3 atom stereocenters. The van der Waals surface area contributed by atoms with Crippen LogP contribution >= 0.6 is 0 Å². The van der Waals surface area contributed by atoms with Crippen LogP contribution in [0.1, 0.15) is 35.3 Å². The van der Waals surface area contributed by atoms with Gasteiger partial charge in [0, 0.05) is 46.7 Å². The molecule has 0 radical (unpaired) electrons. The number of methoxy groups -OCH3 is 1. The minimum atomic E-state index is -0.579. The van der Waals surface area contributed by atoms with E-state index in [0.29, 0.717) is 28.2 Å². The van der Waals surface area contributed by atoms with Gasteiger partial charge in [-0.3, -0.25) is 14.4 Å². The average molecular weight is 539 g/mol. The third kappa shape index (κ3) is 4.55. The van der Waals surface area contributed by atoms with E-state index < -0.39 is 11.9 Å². The number of benzene rings is 1. The van der Waals surface area contributed by atoms with Crippen LogP contribution in [0.2, 0.25) is 0 Å². The fraction of sp³-hybridized carbons (Fsp3) is 0.300. The van der Waals surface area contributed by atoms with Crippen molar-refractivity contribution < 1.29 is 19.1 Å². The molecule has 0 spiro atoms. The molecule has 40 heavy (non-hydrogen) atoms. The number of likely N-dealkylation sites (tertiary alicyclic amines) is 1. The van der Waals surface area contributed by atoms with E-state index >= 15 is 0 Å². The molecule has 4 aromatic rings. The normalized spacial score (nSPS) is 19.6. The molecule has 1 aromatic carbocycles. The standard InChI is InChI=1S/C30H30N6O4/c1-17-4-3-5-25(33-17)34-30(39)28-19-6-9-21(12-19)36(28)27(37)16-35-15-23(29(31)38)22-13-18(7-10-24(22)35)20-8-11-26(40-2)32-14-20/h3-5,7-8,10-11,13-15,19,21,28H,6,9,12,16H2,1-2H3,(H2,31,38)(H,33,34,39)/t19-,21+,28-/m0/s1. The predicted molar refractivity (Wildman–Crippen MR) is 150 cm³/mol. The van der Waals surface area contributed by atoms with Gasteiger partial charge in [0.05, 0.1) is 12.7 Å². The molecule has 4 heterocycles. The lowest BCUT2D eigenvalue weighted by Gasteiger charge is -2.34. The van der Waals surface area contributed by atoms with Gasteiger partial charge in [-0.1, -0.05) is 12.1 Å². The maximum Gasteiger partial charge on any atom is 0.250 e. The van der Waals surface area contributed by atoms with Gasteiger partial charge in [0.25, 0.3) is 5.91 Å². The zero-order valence-electron chi connectivity index (χ0n) is 22.3. The molecule has 1 saturated carbocycles. The van der Waals surface area contributed by atoms with Gasteiger partial charge in [-0.25, -0.2) is 9.97 Å². The van der Waals surface area contributed by atoms with Crippen LogP contribution in [0.5, 0.6) is 5.88 Å². The summed E-state index contributed by atoms with van der Waals surface area (Å²) in [4.78, 5) is 49.9. The van der Waals surface area contributed by atoms with Gasteiger partial charge in [-0.05, 0) is 68.0 Å². The highest BCUT2D eigenvalue weighted by atomic mass is 16.5. The first-order chi connectivity index (χ1) is 19.3. The predicted octanol–water partition coefficient (Wildman–Crippen LogP) is 3.53. The number of nitrogens with zero attached hydrogens (tertiary/aromatic N) is 4. The van der Waals surface area contributed by atoms with Gasteiger partial charge in [0.2, 0.25) is 17.7 Å². The minimum absolute atomic E-state index is 0.0110. The number of aromatic nitrogens is 3. The van der Waals surface area contributed by atoms with Crippen LogP contribution in [-0.4, -0.2) is 56.3 Å². The molecule has 3 aromatic heterocycles. The van der Waals surface area contributed by atoms with Gasteiger partial charge in [0.1, 0.15) is 18.4 Å². The molecule has 2 bridgehead atoms. The van der Waals surface area contributed by atoms with Crippen molar-refractivity contribution in [1.29, 1.82) is 0 Å². The van der Waals surface area contributed by atoms with Crippen molar-refractivity contribution in [3.8, 4) is 17.0 Å². The minimum Gasteiger partial charge on any atom is -0.481 e. The van der Waals surface area contributed by atoms with E-state index in [1.165, 1.54) is 0 Å². The number of carbonyl (C=O) groups excluding carboxylic acids is 3. The van der Waals surface area contributed by atoms with Crippen LogP contribution in [0.25, 0.3) is 22.0 Å². The molecule has 2 aliphatic rings. The third-order valence-corrected chi connectivity index (χ3v) is 8.01. The Hall–Kier alpha value is -4.73. The van der Waals surface area contributed by atoms with Crippen molar-refractivity contribution in [3.05, 3.63) is 72.2 Å². The van der Waals surface area contributed by atoms with Crippen molar-refractivity contribution >= 4 is 34.4 Å². The number of nitrogens with one attached hydrogen (secondary N) is 1. The Morgan fingerprint density at radius 3 is 2.65 bits per heavy atom. The number of carbonyl (C=O) groups is 3. The Bertz CT molecular complexity index is 1630. The van der Waals surface area contributed by atoms with Crippen molar-refractivity contribution in [2.75, 3.05) is 12.4 Å². The SMILES string of the molecule is COc1ccc(-c2ccc3c(c2)c(C(N)=O)cn3CC(=O)N2[C@@H]3CC[C@@H](C3)[C@H]2C(=O)Nc2cccc(C)n2)cn1. The van der Waals surface area contributed by atoms with Crippen LogP contribution in [0.4, 0.5) is 5.82 Å². The van der Waals surface area contributed by atoms with Gasteiger partial charge < -0.3 is 25.3 Å². The molecule has 10 nitrogen and oxygen atoms in total. The van der Waals surface area contributed by atoms with Crippen LogP contribution in [-0.2, 0) is 16.1 Å². The molecule has 6 rings (SSSR count). The molecule has 10 heteroatoms. The summed E-state index contributed by atoms with van der Waals surface area (Å²) >= 11 is 0. The van der Waals surface area contributed by atoms with E-state index in [0.717, 1.165) is 36.1 Å². The highest BCUT2D eigenvalue weighted by Gasteiger charge is 2.51. The number of ether oxygens (including phenoxy) is 1. The highest BCUT2D eigenvalue weighted by molar-refractivity contribution is 6.07. The van der Waals surface area contributed by atoms with E-state index in [2.05, 4.69) is 15.3 Å². The Morgan fingerprint density at radius 1 is 1.10 bits per heavy atom. The first-order valence-corrected chi connectivity index (χ1v) is 13.3. The smallest absolute Gasteiger partial charge is 0.250 e. The third-order valence-electron chi connectivity index (χ3n) is 8.01. The maximum absolute atomic E-state index is 13.8. The lowest BCUT2D eigenvalue weighted by atomic mass is 9.97. The topological polar surface area (TPSA) is 132 Å². The summed E-state index contributed by atoms with van der Waals surface area (Å²) in [5.41, 5.74) is 9.28. The maximum atomic E-state index is 13.8. The number of aryl methyl sites for hydroxylation is 1. The van der Waals surface area contributed by atoms with Crippen molar-refractivity contribution in [1.82, 2.24) is 19.4 Å². The van der Waals surface area contributed by atoms with E-state index in [-0.39, 0.29) is 30.3 Å². The van der Waals surface area contributed by atoms with Crippen LogP contribution in [0.15, 0.2) is 60.9 Å². The van der Waals surface area contributed by atoms with E-state index in [9.17, 15) is 14.4 Å². The molecule has 0 unspecified atom stereocenters. The second kappa shape index (κ2) is 10.1. The molecule has 2 fully saturated rings. The summed E-state index contributed by atoms with van der Waals surface area (Å²) in [6.07, 6.45) is 5.92. The van der Waals surface area contributed by atoms with E-state index in [4.69, 9.17) is 10.5 Å². The summed E-state index contributed by atoms with van der Waals surface area (Å²) in [5.74, 6) is 0.134. The summed E-state index contributed by atoms with van der Waals surface area (Å²) in [7, 11) is 1.56. The molecule has 3 amide bonds.